The van der Waals surface area contributed by atoms with Crippen molar-refractivity contribution in [3.63, 3.8) is 0 Å². The van der Waals surface area contributed by atoms with Gasteiger partial charge in [-0.1, -0.05) is 13.8 Å². The Balaban J connectivity index is 1.83. The third-order valence-electron chi connectivity index (χ3n) is 3.38. The number of hydrogen-bond donors (Lipinski definition) is 1. The second-order valence-corrected chi connectivity index (χ2v) is 4.84. The smallest absolute Gasteiger partial charge is 0.0945 e. The summed E-state index contributed by atoms with van der Waals surface area (Å²) in [5.74, 6) is 1.45. The van der Waals surface area contributed by atoms with E-state index in [1.807, 2.05) is 18.7 Å². The second kappa shape index (κ2) is 3.39. The first kappa shape index (κ1) is 9.71. The van der Waals surface area contributed by atoms with Crippen molar-refractivity contribution < 1.29 is 0 Å². The number of imidazole rings is 1. The molecule has 1 aromatic rings. The second-order valence-electron chi connectivity index (χ2n) is 4.84. The van der Waals surface area contributed by atoms with Gasteiger partial charge in [-0.15, -0.1) is 0 Å². The maximum absolute atomic E-state index is 6.27. The fourth-order valence-corrected chi connectivity index (χ4v) is 2.29. The van der Waals surface area contributed by atoms with Gasteiger partial charge < -0.3 is 10.3 Å². The molecule has 1 heterocycles. The minimum Gasteiger partial charge on any atom is -0.337 e. The topological polar surface area (TPSA) is 43.8 Å². The minimum atomic E-state index is 0.110. The summed E-state index contributed by atoms with van der Waals surface area (Å²) in [5, 5.41) is 0. The predicted molar refractivity (Wildman–Crippen MR) is 56.7 cm³/mol. The molecule has 1 aliphatic carbocycles. The first-order chi connectivity index (χ1) is 6.62. The summed E-state index contributed by atoms with van der Waals surface area (Å²) in [6, 6.07) is 0. The fraction of sp³-hybridized carbons (Fsp3) is 0.727. The number of aromatic nitrogens is 2. The Labute approximate surface area is 85.3 Å². The molecule has 0 radical (unpaired) electrons. The summed E-state index contributed by atoms with van der Waals surface area (Å²) < 4.78 is 2.10. The Kier molecular flexibility index (Phi) is 2.35. The van der Waals surface area contributed by atoms with E-state index in [-0.39, 0.29) is 5.54 Å². The zero-order valence-corrected chi connectivity index (χ0v) is 8.98. The number of nitrogens with two attached hydrogens (primary N) is 1. The highest BCUT2D eigenvalue weighted by molar-refractivity contribution is 5.08. The zero-order valence-electron chi connectivity index (χ0n) is 8.98. The molecule has 2 unspecified atom stereocenters. The Hall–Kier alpha value is -0.830. The fourth-order valence-electron chi connectivity index (χ4n) is 2.29. The molecule has 2 N–H and O–H groups in total. The number of nitrogens with zero attached hydrogens (tertiary/aromatic N) is 2. The van der Waals surface area contributed by atoms with Crippen molar-refractivity contribution in [2.45, 2.75) is 38.8 Å². The highest BCUT2D eigenvalue weighted by atomic mass is 15.0. The molecule has 0 saturated heterocycles. The van der Waals surface area contributed by atoms with Crippen LogP contribution in [-0.4, -0.2) is 15.1 Å². The molecule has 1 aliphatic rings. The molecule has 0 bridgehead atoms. The van der Waals surface area contributed by atoms with Crippen molar-refractivity contribution in [1.29, 1.82) is 0 Å². The lowest BCUT2D eigenvalue weighted by molar-refractivity contribution is 0.435. The van der Waals surface area contributed by atoms with Gasteiger partial charge in [-0.25, -0.2) is 4.98 Å². The molecule has 3 nitrogen and oxygen atoms in total. The molecule has 1 saturated carbocycles. The van der Waals surface area contributed by atoms with Gasteiger partial charge in [0.25, 0.3) is 0 Å². The monoisotopic (exact) mass is 193 g/mol. The molecule has 0 aromatic carbocycles. The third kappa shape index (κ3) is 1.82. The summed E-state index contributed by atoms with van der Waals surface area (Å²) in [6.07, 6.45) is 7.94. The van der Waals surface area contributed by atoms with Crippen LogP contribution in [0.3, 0.4) is 0 Å². The molecule has 1 fully saturated rings. The van der Waals surface area contributed by atoms with E-state index in [0.717, 1.165) is 24.8 Å². The molecular weight excluding hydrogens is 174 g/mol. The zero-order chi connectivity index (χ0) is 10.2. The SMILES string of the molecule is CC(C)C1CC1(N)CCn1ccnc1. The van der Waals surface area contributed by atoms with Crippen LogP contribution in [0, 0.1) is 11.8 Å². The van der Waals surface area contributed by atoms with E-state index >= 15 is 0 Å². The maximum atomic E-state index is 6.27. The minimum absolute atomic E-state index is 0.110. The summed E-state index contributed by atoms with van der Waals surface area (Å²) in [7, 11) is 0. The van der Waals surface area contributed by atoms with Crippen LogP contribution in [0.15, 0.2) is 18.7 Å². The predicted octanol–water partition coefficient (Wildman–Crippen LogP) is 1.65. The molecule has 78 valence electrons. The van der Waals surface area contributed by atoms with Crippen molar-refractivity contribution in [1.82, 2.24) is 9.55 Å². The maximum Gasteiger partial charge on any atom is 0.0945 e. The Morgan fingerprint density at radius 1 is 1.64 bits per heavy atom. The van der Waals surface area contributed by atoms with Gasteiger partial charge in [-0.3, -0.25) is 0 Å². The van der Waals surface area contributed by atoms with Crippen LogP contribution in [0.2, 0.25) is 0 Å². The molecule has 0 amide bonds. The van der Waals surface area contributed by atoms with Gasteiger partial charge in [0, 0.05) is 24.5 Å². The van der Waals surface area contributed by atoms with Gasteiger partial charge in [0.2, 0.25) is 0 Å². The Bertz CT molecular complexity index is 291. The van der Waals surface area contributed by atoms with Gasteiger partial charge >= 0.3 is 0 Å². The van der Waals surface area contributed by atoms with E-state index in [4.69, 9.17) is 5.73 Å². The number of hydrogen-bond acceptors (Lipinski definition) is 2. The van der Waals surface area contributed by atoms with E-state index in [0.29, 0.717) is 0 Å². The molecule has 14 heavy (non-hydrogen) atoms. The summed E-state index contributed by atoms with van der Waals surface area (Å²) in [6.45, 7) is 5.52. The average molecular weight is 193 g/mol. The number of aryl methyl sites for hydroxylation is 1. The summed E-state index contributed by atoms with van der Waals surface area (Å²) in [4.78, 5) is 4.02. The lowest BCUT2D eigenvalue weighted by Gasteiger charge is -2.13. The standard InChI is InChI=1S/C11H19N3/c1-9(2)10-7-11(10,12)3-5-14-6-4-13-8-14/h4,6,8-10H,3,5,7,12H2,1-2H3. The molecule has 2 rings (SSSR count). The van der Waals surface area contributed by atoms with Crippen LogP contribution < -0.4 is 5.73 Å². The van der Waals surface area contributed by atoms with Crippen LogP contribution >= 0.6 is 0 Å². The normalized spacial score (nSPS) is 31.0. The van der Waals surface area contributed by atoms with Crippen LogP contribution in [0.25, 0.3) is 0 Å². The third-order valence-corrected chi connectivity index (χ3v) is 3.38. The van der Waals surface area contributed by atoms with Crippen molar-refractivity contribution >= 4 is 0 Å². The van der Waals surface area contributed by atoms with E-state index in [9.17, 15) is 0 Å². The highest BCUT2D eigenvalue weighted by Gasteiger charge is 2.51. The lowest BCUT2D eigenvalue weighted by Crippen LogP contribution is -2.28. The summed E-state index contributed by atoms with van der Waals surface area (Å²) >= 11 is 0. The van der Waals surface area contributed by atoms with Crippen LogP contribution in [0.5, 0.6) is 0 Å². The van der Waals surface area contributed by atoms with E-state index in [2.05, 4.69) is 23.4 Å². The van der Waals surface area contributed by atoms with E-state index in [1.165, 1.54) is 6.42 Å². The van der Waals surface area contributed by atoms with Gasteiger partial charge in [-0.2, -0.15) is 0 Å². The molecular formula is C11H19N3. The molecule has 3 heteroatoms. The number of rotatable bonds is 4. The highest BCUT2D eigenvalue weighted by Crippen LogP contribution is 2.48. The van der Waals surface area contributed by atoms with Gasteiger partial charge in [0.05, 0.1) is 6.33 Å². The van der Waals surface area contributed by atoms with Crippen molar-refractivity contribution in [2.24, 2.45) is 17.6 Å². The van der Waals surface area contributed by atoms with E-state index < -0.39 is 0 Å². The van der Waals surface area contributed by atoms with Crippen molar-refractivity contribution in [3.05, 3.63) is 18.7 Å². The summed E-state index contributed by atoms with van der Waals surface area (Å²) in [5.41, 5.74) is 6.38. The average Bonchev–Trinajstić information content (AvgIpc) is 2.63. The molecule has 0 aliphatic heterocycles. The van der Waals surface area contributed by atoms with Crippen molar-refractivity contribution in [3.8, 4) is 0 Å². The molecule has 2 atom stereocenters. The quantitative estimate of drug-likeness (QED) is 0.790. The first-order valence-corrected chi connectivity index (χ1v) is 5.36. The van der Waals surface area contributed by atoms with Crippen LogP contribution in [0.4, 0.5) is 0 Å². The van der Waals surface area contributed by atoms with Gasteiger partial charge in [0.1, 0.15) is 0 Å². The van der Waals surface area contributed by atoms with Crippen LogP contribution in [-0.2, 0) is 6.54 Å². The first-order valence-electron chi connectivity index (χ1n) is 5.36. The Morgan fingerprint density at radius 3 is 2.93 bits per heavy atom. The largest absolute Gasteiger partial charge is 0.337 e. The van der Waals surface area contributed by atoms with E-state index in [1.54, 1.807) is 0 Å². The molecule has 1 aromatic heterocycles. The van der Waals surface area contributed by atoms with Crippen LogP contribution in [0.1, 0.15) is 26.7 Å². The molecule has 0 spiro atoms. The van der Waals surface area contributed by atoms with Crippen molar-refractivity contribution in [2.75, 3.05) is 0 Å². The van der Waals surface area contributed by atoms with Gasteiger partial charge in [0.15, 0.2) is 0 Å². The lowest BCUT2D eigenvalue weighted by atomic mass is 10.0. The van der Waals surface area contributed by atoms with Gasteiger partial charge in [-0.05, 0) is 24.7 Å². The Morgan fingerprint density at radius 2 is 2.43 bits per heavy atom.